The van der Waals surface area contributed by atoms with Crippen molar-refractivity contribution in [2.45, 2.75) is 44.4 Å². The molecule has 2 rings (SSSR count). The zero-order chi connectivity index (χ0) is 16.3. The van der Waals surface area contributed by atoms with Gasteiger partial charge in [-0.3, -0.25) is 0 Å². The number of aryl methyl sites for hydroxylation is 2. The molecule has 116 valence electrons. The molecule has 0 bridgehead atoms. The lowest BCUT2D eigenvalue weighted by atomic mass is 10.2. The highest BCUT2D eigenvalue weighted by molar-refractivity contribution is 7.98. The number of thioether (sulfide) groups is 1. The Labute approximate surface area is 135 Å². The van der Waals surface area contributed by atoms with Gasteiger partial charge in [0, 0.05) is 11.7 Å². The quantitative estimate of drug-likeness (QED) is 0.661. The number of benzene rings is 1. The van der Waals surface area contributed by atoms with E-state index in [4.69, 9.17) is 0 Å². The molecule has 0 aliphatic rings. The highest BCUT2D eigenvalue weighted by Crippen LogP contribution is 2.27. The number of nitrogens with zero attached hydrogens (tertiary/aromatic N) is 2. The van der Waals surface area contributed by atoms with Crippen molar-refractivity contribution in [3.63, 3.8) is 0 Å². The van der Waals surface area contributed by atoms with Crippen LogP contribution in [0.5, 0.6) is 0 Å². The summed E-state index contributed by atoms with van der Waals surface area (Å²) in [7, 11) is 0. The number of carboxylic acid groups (broad SMARTS) is 1. The second kappa shape index (κ2) is 6.92. The molecule has 1 aromatic heterocycles. The molecule has 0 aliphatic carbocycles. The summed E-state index contributed by atoms with van der Waals surface area (Å²) in [6.07, 6.45) is 0. The van der Waals surface area contributed by atoms with Crippen LogP contribution < -0.4 is 0 Å². The normalized spacial score (nSPS) is 11.0. The Morgan fingerprint density at radius 2 is 1.82 bits per heavy atom. The monoisotopic (exact) mass is 316 g/mol. The minimum absolute atomic E-state index is 0.167. The Hall–Kier alpha value is -1.88. The lowest BCUT2D eigenvalue weighted by Gasteiger charge is -2.12. The highest BCUT2D eigenvalue weighted by Gasteiger charge is 2.19. The van der Waals surface area contributed by atoms with Gasteiger partial charge in [-0.25, -0.2) is 14.8 Å². The van der Waals surface area contributed by atoms with E-state index < -0.39 is 5.97 Å². The van der Waals surface area contributed by atoms with Crippen LogP contribution in [0.4, 0.5) is 0 Å². The number of carboxylic acids is 1. The van der Waals surface area contributed by atoms with Crippen molar-refractivity contribution in [3.05, 3.63) is 52.5 Å². The summed E-state index contributed by atoms with van der Waals surface area (Å²) in [5.41, 5.74) is 3.09. The molecule has 0 aliphatic heterocycles. The van der Waals surface area contributed by atoms with Crippen molar-refractivity contribution >= 4 is 17.7 Å². The second-order valence-electron chi connectivity index (χ2n) is 5.58. The van der Waals surface area contributed by atoms with Gasteiger partial charge >= 0.3 is 5.97 Å². The van der Waals surface area contributed by atoms with Crippen LogP contribution in [0, 0.1) is 13.8 Å². The molecule has 0 amide bonds. The van der Waals surface area contributed by atoms with Crippen molar-refractivity contribution in [2.75, 3.05) is 0 Å². The first kappa shape index (κ1) is 16.5. The van der Waals surface area contributed by atoms with Crippen LogP contribution in [0.15, 0.2) is 29.3 Å². The Bertz CT molecular complexity index is 682. The molecule has 1 aromatic carbocycles. The fourth-order valence-electron chi connectivity index (χ4n) is 2.01. The molecular formula is C17H20N2O2S. The first-order valence-corrected chi connectivity index (χ1v) is 8.17. The maximum atomic E-state index is 11.5. The smallest absolute Gasteiger partial charge is 0.340 e. The maximum Gasteiger partial charge on any atom is 0.340 e. The van der Waals surface area contributed by atoms with Gasteiger partial charge in [0.25, 0.3) is 0 Å². The number of hydrogen-bond donors (Lipinski definition) is 1. The molecule has 0 radical (unpaired) electrons. The summed E-state index contributed by atoms with van der Waals surface area (Å²) < 4.78 is 0. The Morgan fingerprint density at radius 1 is 1.18 bits per heavy atom. The van der Waals surface area contributed by atoms with Crippen LogP contribution >= 0.6 is 11.8 Å². The van der Waals surface area contributed by atoms with Crippen LogP contribution in [0.3, 0.4) is 0 Å². The zero-order valence-electron chi connectivity index (χ0n) is 13.3. The topological polar surface area (TPSA) is 63.1 Å². The number of rotatable bonds is 5. The molecule has 1 N–H and O–H groups in total. The third kappa shape index (κ3) is 3.85. The van der Waals surface area contributed by atoms with Gasteiger partial charge in [-0.1, -0.05) is 43.7 Å². The summed E-state index contributed by atoms with van der Waals surface area (Å²) in [5, 5.41) is 9.96. The van der Waals surface area contributed by atoms with E-state index in [1.807, 2.05) is 20.8 Å². The highest BCUT2D eigenvalue weighted by atomic mass is 32.2. The van der Waals surface area contributed by atoms with E-state index in [1.165, 1.54) is 17.3 Å². The first-order valence-electron chi connectivity index (χ1n) is 7.18. The summed E-state index contributed by atoms with van der Waals surface area (Å²) in [5.74, 6) is 0.572. The van der Waals surface area contributed by atoms with Gasteiger partial charge in [0.15, 0.2) is 0 Å². The molecule has 0 fully saturated rings. The fourth-order valence-corrected chi connectivity index (χ4v) is 3.05. The average molecular weight is 316 g/mol. The summed E-state index contributed by atoms with van der Waals surface area (Å²) in [6.45, 7) is 7.78. The molecular weight excluding hydrogens is 296 g/mol. The van der Waals surface area contributed by atoms with E-state index in [2.05, 4.69) is 34.2 Å². The molecule has 2 aromatic rings. The first-order chi connectivity index (χ1) is 10.4. The van der Waals surface area contributed by atoms with Gasteiger partial charge in [0.2, 0.25) is 0 Å². The van der Waals surface area contributed by atoms with Crippen molar-refractivity contribution in [2.24, 2.45) is 0 Å². The third-order valence-corrected chi connectivity index (χ3v) is 4.35. The maximum absolute atomic E-state index is 11.5. The van der Waals surface area contributed by atoms with E-state index in [9.17, 15) is 9.90 Å². The number of aromatic carboxylic acids is 1. The van der Waals surface area contributed by atoms with Crippen molar-refractivity contribution in [1.82, 2.24) is 9.97 Å². The van der Waals surface area contributed by atoms with E-state index >= 15 is 0 Å². The summed E-state index contributed by atoms with van der Waals surface area (Å²) >= 11 is 1.45. The largest absolute Gasteiger partial charge is 0.478 e. The Balaban J connectivity index is 2.31. The predicted molar refractivity (Wildman–Crippen MR) is 88.6 cm³/mol. The number of carbonyl (C=O) groups is 1. The predicted octanol–water partition coefficient (Wildman–Crippen LogP) is 4.21. The zero-order valence-corrected chi connectivity index (χ0v) is 14.1. The summed E-state index contributed by atoms with van der Waals surface area (Å²) in [6, 6.07) is 8.22. The molecule has 22 heavy (non-hydrogen) atoms. The van der Waals surface area contributed by atoms with Gasteiger partial charge in [-0.2, -0.15) is 0 Å². The van der Waals surface area contributed by atoms with Crippen LogP contribution in [0.25, 0.3) is 0 Å². The van der Waals surface area contributed by atoms with E-state index in [1.54, 1.807) is 6.92 Å². The molecule has 0 spiro atoms. The Morgan fingerprint density at radius 3 is 2.36 bits per heavy atom. The van der Waals surface area contributed by atoms with Crippen molar-refractivity contribution in [3.8, 4) is 0 Å². The van der Waals surface area contributed by atoms with Crippen molar-refractivity contribution in [1.29, 1.82) is 0 Å². The number of aromatic nitrogens is 2. The van der Waals surface area contributed by atoms with E-state index in [-0.39, 0.29) is 11.5 Å². The van der Waals surface area contributed by atoms with Crippen LogP contribution in [0.2, 0.25) is 0 Å². The molecule has 0 saturated heterocycles. The van der Waals surface area contributed by atoms with Crippen molar-refractivity contribution < 1.29 is 9.90 Å². The minimum Gasteiger partial charge on any atom is -0.478 e. The van der Waals surface area contributed by atoms with Crippen LogP contribution in [0.1, 0.15) is 52.8 Å². The molecule has 0 saturated carbocycles. The molecule has 1 heterocycles. The molecule has 0 unspecified atom stereocenters. The van der Waals surface area contributed by atoms with E-state index in [0.717, 1.165) is 5.56 Å². The van der Waals surface area contributed by atoms with Gasteiger partial charge in [-0.05, 0) is 19.4 Å². The standard InChI is InChI=1S/C17H20N2O2S/c1-10(2)15-18-12(4)14(17(20)21)16(19-15)22-9-13-7-5-11(3)6-8-13/h5-8,10H,9H2,1-4H3,(H,20,21). The lowest BCUT2D eigenvalue weighted by molar-refractivity contribution is 0.0690. The number of hydrogen-bond acceptors (Lipinski definition) is 4. The van der Waals surface area contributed by atoms with Gasteiger partial charge in [-0.15, -0.1) is 11.8 Å². The van der Waals surface area contributed by atoms with Crippen LogP contribution in [-0.2, 0) is 5.75 Å². The summed E-state index contributed by atoms with van der Waals surface area (Å²) in [4.78, 5) is 20.3. The second-order valence-corrected chi connectivity index (χ2v) is 6.55. The lowest BCUT2D eigenvalue weighted by Crippen LogP contribution is -2.10. The average Bonchev–Trinajstić information content (AvgIpc) is 2.45. The molecule has 4 nitrogen and oxygen atoms in total. The minimum atomic E-state index is -0.973. The fraction of sp³-hybridized carbons (Fsp3) is 0.353. The third-order valence-electron chi connectivity index (χ3n) is 3.30. The van der Waals surface area contributed by atoms with Gasteiger partial charge < -0.3 is 5.11 Å². The molecule has 5 heteroatoms. The SMILES string of the molecule is Cc1ccc(CSc2nc(C(C)C)nc(C)c2C(=O)O)cc1. The van der Waals surface area contributed by atoms with Crippen LogP contribution in [-0.4, -0.2) is 21.0 Å². The van der Waals surface area contributed by atoms with Gasteiger partial charge in [0.05, 0.1) is 5.69 Å². The Kier molecular flexibility index (Phi) is 5.19. The van der Waals surface area contributed by atoms with Gasteiger partial charge in [0.1, 0.15) is 16.4 Å². The molecule has 0 atom stereocenters. The van der Waals surface area contributed by atoms with E-state index in [0.29, 0.717) is 22.3 Å².